The standard InChI is InChI=1S/C17H21N5O2/c1-24-15-7-8-18-17(19-15)21-9-3-5-13(21)11-22-16(23)10-12-4-2-6-14(12)20-22/h7-8,10,13H,2-6,9,11H2,1H3. The van der Waals surface area contributed by atoms with Crippen molar-refractivity contribution in [2.45, 2.75) is 44.7 Å². The average Bonchev–Trinajstić information content (AvgIpc) is 3.24. The molecule has 7 nitrogen and oxygen atoms in total. The first kappa shape index (κ1) is 15.1. The van der Waals surface area contributed by atoms with Crippen LogP contribution in [0.1, 0.15) is 30.5 Å². The van der Waals surface area contributed by atoms with Gasteiger partial charge in [0.05, 0.1) is 25.4 Å². The van der Waals surface area contributed by atoms with E-state index in [2.05, 4.69) is 20.0 Å². The van der Waals surface area contributed by atoms with E-state index >= 15 is 0 Å². The maximum Gasteiger partial charge on any atom is 0.267 e. The molecule has 0 amide bonds. The lowest BCUT2D eigenvalue weighted by Crippen LogP contribution is -2.38. The molecule has 1 aliphatic heterocycles. The first-order chi connectivity index (χ1) is 11.7. The minimum atomic E-state index is -0.00550. The molecule has 4 rings (SSSR count). The third-order valence-corrected chi connectivity index (χ3v) is 4.87. The molecule has 3 heterocycles. The molecule has 0 aromatic carbocycles. The normalized spacial score (nSPS) is 19.5. The summed E-state index contributed by atoms with van der Waals surface area (Å²) in [6, 6.07) is 3.68. The number of ether oxygens (including phenoxy) is 1. The van der Waals surface area contributed by atoms with Gasteiger partial charge in [0.1, 0.15) is 0 Å². The molecule has 2 aliphatic rings. The Balaban J connectivity index is 1.58. The van der Waals surface area contributed by atoms with Gasteiger partial charge in [0.15, 0.2) is 0 Å². The minimum absolute atomic E-state index is 0.00550. The second-order valence-electron chi connectivity index (χ2n) is 6.38. The van der Waals surface area contributed by atoms with Crippen LogP contribution in [0.25, 0.3) is 0 Å². The molecule has 1 unspecified atom stereocenters. The molecule has 0 N–H and O–H groups in total. The first-order valence-corrected chi connectivity index (χ1v) is 8.48. The Morgan fingerprint density at radius 2 is 2.25 bits per heavy atom. The predicted octanol–water partition coefficient (Wildman–Crippen LogP) is 1.20. The molecule has 7 heteroatoms. The number of anilines is 1. The highest BCUT2D eigenvalue weighted by molar-refractivity contribution is 5.35. The van der Waals surface area contributed by atoms with Crippen molar-refractivity contribution in [1.82, 2.24) is 19.7 Å². The molecule has 0 saturated carbocycles. The summed E-state index contributed by atoms with van der Waals surface area (Å²) in [5.41, 5.74) is 2.20. The first-order valence-electron chi connectivity index (χ1n) is 8.48. The maximum absolute atomic E-state index is 12.3. The molecular formula is C17H21N5O2. The Morgan fingerprint density at radius 1 is 1.33 bits per heavy atom. The van der Waals surface area contributed by atoms with Crippen LogP contribution in [0.4, 0.5) is 5.95 Å². The van der Waals surface area contributed by atoms with Crippen molar-refractivity contribution in [3.8, 4) is 5.88 Å². The van der Waals surface area contributed by atoms with Gasteiger partial charge in [-0.1, -0.05) is 0 Å². The molecule has 1 fully saturated rings. The SMILES string of the molecule is COc1ccnc(N2CCCC2Cn2nc3c(cc2=O)CCC3)n1. The number of aromatic nitrogens is 4. The van der Waals surface area contributed by atoms with Gasteiger partial charge < -0.3 is 9.64 Å². The summed E-state index contributed by atoms with van der Waals surface area (Å²) in [6.07, 6.45) is 6.82. The van der Waals surface area contributed by atoms with Gasteiger partial charge in [-0.25, -0.2) is 9.67 Å². The molecule has 1 saturated heterocycles. The van der Waals surface area contributed by atoms with Crippen LogP contribution in [0.15, 0.2) is 23.1 Å². The molecular weight excluding hydrogens is 306 g/mol. The highest BCUT2D eigenvalue weighted by atomic mass is 16.5. The Morgan fingerprint density at radius 3 is 3.12 bits per heavy atom. The van der Waals surface area contributed by atoms with Crippen LogP contribution in [0.5, 0.6) is 5.88 Å². The van der Waals surface area contributed by atoms with Crippen molar-refractivity contribution in [3.05, 3.63) is 39.9 Å². The van der Waals surface area contributed by atoms with Gasteiger partial charge in [-0.3, -0.25) is 4.79 Å². The van der Waals surface area contributed by atoms with Crippen LogP contribution in [0.3, 0.4) is 0 Å². The number of hydrogen-bond acceptors (Lipinski definition) is 6. The number of fused-ring (bicyclic) bond motifs is 1. The van der Waals surface area contributed by atoms with Gasteiger partial charge in [-0.15, -0.1) is 0 Å². The molecule has 1 atom stereocenters. The summed E-state index contributed by atoms with van der Waals surface area (Å²) in [5.74, 6) is 1.21. The van der Waals surface area contributed by atoms with E-state index in [0.29, 0.717) is 18.4 Å². The van der Waals surface area contributed by atoms with Crippen molar-refractivity contribution in [2.24, 2.45) is 0 Å². The summed E-state index contributed by atoms with van der Waals surface area (Å²) in [5, 5.41) is 4.59. The lowest BCUT2D eigenvalue weighted by atomic mass is 10.2. The number of rotatable bonds is 4. The number of aryl methyl sites for hydroxylation is 2. The second-order valence-corrected chi connectivity index (χ2v) is 6.38. The molecule has 0 radical (unpaired) electrons. The quantitative estimate of drug-likeness (QED) is 0.840. The van der Waals surface area contributed by atoms with E-state index in [1.807, 2.05) is 0 Å². The predicted molar refractivity (Wildman–Crippen MR) is 89.5 cm³/mol. The molecule has 2 aromatic rings. The van der Waals surface area contributed by atoms with Crippen LogP contribution in [-0.4, -0.2) is 39.4 Å². The second kappa shape index (κ2) is 6.22. The van der Waals surface area contributed by atoms with Crippen LogP contribution in [-0.2, 0) is 19.4 Å². The highest BCUT2D eigenvalue weighted by Crippen LogP contribution is 2.24. The van der Waals surface area contributed by atoms with Crippen molar-refractivity contribution < 1.29 is 4.74 Å². The molecule has 0 bridgehead atoms. The van der Waals surface area contributed by atoms with Gasteiger partial charge in [0, 0.05) is 24.9 Å². The molecule has 1 aliphatic carbocycles. The summed E-state index contributed by atoms with van der Waals surface area (Å²) >= 11 is 0. The summed E-state index contributed by atoms with van der Waals surface area (Å²) < 4.78 is 6.81. The summed E-state index contributed by atoms with van der Waals surface area (Å²) in [6.45, 7) is 1.46. The van der Waals surface area contributed by atoms with Gasteiger partial charge in [0.2, 0.25) is 11.8 Å². The summed E-state index contributed by atoms with van der Waals surface area (Å²) in [4.78, 5) is 23.3. The Bertz CT molecular complexity index is 804. The van der Waals surface area contributed by atoms with Gasteiger partial charge in [-0.2, -0.15) is 10.1 Å². The largest absolute Gasteiger partial charge is 0.481 e. The van der Waals surface area contributed by atoms with Crippen molar-refractivity contribution in [3.63, 3.8) is 0 Å². The fourth-order valence-corrected chi connectivity index (χ4v) is 3.64. The van der Waals surface area contributed by atoms with Crippen LogP contribution < -0.4 is 15.2 Å². The van der Waals surface area contributed by atoms with Gasteiger partial charge >= 0.3 is 0 Å². The van der Waals surface area contributed by atoms with Crippen molar-refractivity contribution in [1.29, 1.82) is 0 Å². The molecule has 0 spiro atoms. The number of nitrogens with zero attached hydrogens (tertiary/aromatic N) is 5. The van der Waals surface area contributed by atoms with Crippen LogP contribution in [0, 0.1) is 0 Å². The lowest BCUT2D eigenvalue weighted by molar-refractivity contribution is 0.395. The third-order valence-electron chi connectivity index (χ3n) is 4.87. The van der Waals surface area contributed by atoms with E-state index in [4.69, 9.17) is 4.74 Å². The van der Waals surface area contributed by atoms with E-state index in [1.165, 1.54) is 0 Å². The molecule has 2 aromatic heterocycles. The van der Waals surface area contributed by atoms with Crippen molar-refractivity contribution in [2.75, 3.05) is 18.6 Å². The van der Waals surface area contributed by atoms with Gasteiger partial charge in [0.25, 0.3) is 5.56 Å². The van der Waals surface area contributed by atoms with E-state index in [9.17, 15) is 4.79 Å². The number of methoxy groups -OCH3 is 1. The monoisotopic (exact) mass is 327 g/mol. The van der Waals surface area contributed by atoms with E-state index < -0.39 is 0 Å². The fourth-order valence-electron chi connectivity index (χ4n) is 3.64. The summed E-state index contributed by atoms with van der Waals surface area (Å²) in [7, 11) is 1.60. The zero-order valence-electron chi connectivity index (χ0n) is 13.8. The smallest absolute Gasteiger partial charge is 0.267 e. The lowest BCUT2D eigenvalue weighted by Gasteiger charge is -2.25. The van der Waals surface area contributed by atoms with E-state index in [0.717, 1.165) is 49.9 Å². The fraction of sp³-hybridized carbons (Fsp3) is 0.529. The van der Waals surface area contributed by atoms with E-state index in [-0.39, 0.29) is 11.6 Å². The van der Waals surface area contributed by atoms with E-state index in [1.54, 1.807) is 30.1 Å². The van der Waals surface area contributed by atoms with Gasteiger partial charge in [-0.05, 0) is 37.7 Å². The number of hydrogen-bond donors (Lipinski definition) is 0. The topological polar surface area (TPSA) is 73.1 Å². The Kier molecular flexibility index (Phi) is 3.92. The van der Waals surface area contributed by atoms with Crippen LogP contribution >= 0.6 is 0 Å². The average molecular weight is 327 g/mol. The Labute approximate surface area is 140 Å². The molecule has 126 valence electrons. The zero-order valence-corrected chi connectivity index (χ0v) is 13.8. The van der Waals surface area contributed by atoms with Crippen molar-refractivity contribution >= 4 is 5.95 Å². The van der Waals surface area contributed by atoms with Crippen LogP contribution in [0.2, 0.25) is 0 Å². The zero-order chi connectivity index (χ0) is 16.5. The minimum Gasteiger partial charge on any atom is -0.481 e. The maximum atomic E-state index is 12.3. The Hall–Kier alpha value is -2.44. The third kappa shape index (κ3) is 2.74. The highest BCUT2D eigenvalue weighted by Gasteiger charge is 2.28. The molecule has 24 heavy (non-hydrogen) atoms.